The number of hydrogen-bond donors (Lipinski definition) is 1. The second-order valence-electron chi connectivity index (χ2n) is 3.70. The predicted octanol–water partition coefficient (Wildman–Crippen LogP) is 3.18. The number of carbonyl (C=O) groups excluding carboxylic acids is 1. The van der Waals surface area contributed by atoms with Crippen LogP contribution in [-0.4, -0.2) is 17.5 Å². The van der Waals surface area contributed by atoms with E-state index in [1.165, 1.54) is 11.3 Å². The van der Waals surface area contributed by atoms with Crippen molar-refractivity contribution in [1.29, 1.82) is 0 Å². The number of thiazole rings is 1. The van der Waals surface area contributed by atoms with Crippen molar-refractivity contribution in [2.24, 2.45) is 0 Å². The topological polar surface area (TPSA) is 51.2 Å². The molecule has 0 aliphatic heterocycles. The van der Waals surface area contributed by atoms with Gasteiger partial charge in [0, 0.05) is 17.1 Å². The molecular formula is C13H14N2O2S. The molecule has 2 aromatic rings. The van der Waals surface area contributed by atoms with E-state index in [0.29, 0.717) is 18.0 Å². The minimum Gasteiger partial charge on any atom is -0.494 e. The molecule has 0 unspecified atom stereocenters. The summed E-state index contributed by atoms with van der Waals surface area (Å²) in [7, 11) is 0. The number of nitrogens with one attached hydrogen (secondary N) is 1. The van der Waals surface area contributed by atoms with Crippen molar-refractivity contribution in [3.63, 3.8) is 0 Å². The van der Waals surface area contributed by atoms with Crippen LogP contribution in [0.25, 0.3) is 0 Å². The van der Waals surface area contributed by atoms with Gasteiger partial charge in [-0.2, -0.15) is 0 Å². The molecule has 1 N–H and O–H groups in total. The highest BCUT2D eigenvalue weighted by molar-refractivity contribution is 7.07. The van der Waals surface area contributed by atoms with Crippen molar-refractivity contribution < 1.29 is 9.53 Å². The number of anilines is 1. The number of rotatable bonds is 5. The van der Waals surface area contributed by atoms with Crippen LogP contribution in [0.5, 0.6) is 5.75 Å². The van der Waals surface area contributed by atoms with Crippen molar-refractivity contribution in [2.45, 2.75) is 13.3 Å². The molecule has 2 rings (SSSR count). The molecule has 0 spiro atoms. The number of nitrogens with zero attached hydrogens (tertiary/aromatic N) is 1. The molecule has 1 heterocycles. The smallest absolute Gasteiger partial charge is 0.275 e. The van der Waals surface area contributed by atoms with Gasteiger partial charge in [0.05, 0.1) is 12.1 Å². The molecule has 0 aliphatic rings. The third-order valence-corrected chi connectivity index (χ3v) is 2.82. The van der Waals surface area contributed by atoms with Crippen molar-refractivity contribution in [1.82, 2.24) is 4.98 Å². The first-order valence-electron chi connectivity index (χ1n) is 5.72. The summed E-state index contributed by atoms with van der Waals surface area (Å²) in [5.41, 5.74) is 2.77. The Balaban J connectivity index is 2.03. The Morgan fingerprint density at radius 1 is 1.50 bits per heavy atom. The van der Waals surface area contributed by atoms with Crippen molar-refractivity contribution >= 4 is 22.9 Å². The molecule has 5 heteroatoms. The van der Waals surface area contributed by atoms with E-state index >= 15 is 0 Å². The molecule has 1 amide bonds. The number of carbonyl (C=O) groups is 1. The first kappa shape index (κ1) is 12.6. The summed E-state index contributed by atoms with van der Waals surface area (Å²) in [5.74, 6) is 0.553. The Morgan fingerprint density at radius 3 is 3.11 bits per heavy atom. The van der Waals surface area contributed by atoms with Gasteiger partial charge in [0.1, 0.15) is 11.4 Å². The van der Waals surface area contributed by atoms with Gasteiger partial charge in [-0.3, -0.25) is 4.79 Å². The van der Waals surface area contributed by atoms with Crippen LogP contribution in [0.4, 0.5) is 5.69 Å². The highest BCUT2D eigenvalue weighted by Crippen LogP contribution is 2.18. The lowest BCUT2D eigenvalue weighted by Crippen LogP contribution is -2.12. The van der Waals surface area contributed by atoms with E-state index in [9.17, 15) is 4.79 Å². The molecule has 0 aliphatic carbocycles. The van der Waals surface area contributed by atoms with Crippen LogP contribution in [0.3, 0.4) is 0 Å². The van der Waals surface area contributed by atoms with Crippen LogP contribution >= 0.6 is 11.3 Å². The third kappa shape index (κ3) is 3.30. The maximum Gasteiger partial charge on any atom is 0.275 e. The molecule has 0 radical (unpaired) electrons. The van der Waals surface area contributed by atoms with Gasteiger partial charge in [-0.05, 0) is 18.6 Å². The number of hydrogen-bond acceptors (Lipinski definition) is 4. The van der Waals surface area contributed by atoms with Gasteiger partial charge < -0.3 is 10.1 Å². The maximum atomic E-state index is 11.8. The van der Waals surface area contributed by atoms with Gasteiger partial charge in [-0.15, -0.1) is 11.3 Å². The molecular weight excluding hydrogens is 248 g/mol. The highest BCUT2D eigenvalue weighted by Gasteiger charge is 2.08. The SMILES string of the molecule is CCCOc1cccc(NC(=O)c2cscn2)c1. The summed E-state index contributed by atoms with van der Waals surface area (Å²) >= 11 is 1.40. The molecule has 0 saturated carbocycles. The molecule has 1 aromatic carbocycles. The van der Waals surface area contributed by atoms with E-state index in [-0.39, 0.29) is 5.91 Å². The van der Waals surface area contributed by atoms with Gasteiger partial charge in [0.15, 0.2) is 0 Å². The number of amides is 1. The molecule has 1 aromatic heterocycles. The first-order chi connectivity index (χ1) is 8.79. The van der Waals surface area contributed by atoms with E-state index in [1.54, 1.807) is 17.0 Å². The highest BCUT2D eigenvalue weighted by atomic mass is 32.1. The Bertz CT molecular complexity index is 511. The second kappa shape index (κ2) is 6.16. The molecule has 0 fully saturated rings. The minimum absolute atomic E-state index is 0.205. The molecule has 94 valence electrons. The fourth-order valence-corrected chi connectivity index (χ4v) is 1.94. The normalized spacial score (nSPS) is 10.1. The van der Waals surface area contributed by atoms with Gasteiger partial charge in [-0.1, -0.05) is 13.0 Å². The third-order valence-electron chi connectivity index (χ3n) is 2.23. The van der Waals surface area contributed by atoms with Crippen LogP contribution in [0.2, 0.25) is 0 Å². The molecule has 18 heavy (non-hydrogen) atoms. The zero-order valence-electron chi connectivity index (χ0n) is 10.1. The van der Waals surface area contributed by atoms with Crippen molar-refractivity contribution in [3.8, 4) is 5.75 Å². The largest absolute Gasteiger partial charge is 0.494 e. The molecule has 0 bridgehead atoms. The van der Waals surface area contributed by atoms with E-state index in [2.05, 4.69) is 10.3 Å². The van der Waals surface area contributed by atoms with E-state index in [4.69, 9.17) is 4.74 Å². The minimum atomic E-state index is -0.205. The maximum absolute atomic E-state index is 11.8. The summed E-state index contributed by atoms with van der Waals surface area (Å²) < 4.78 is 5.50. The second-order valence-corrected chi connectivity index (χ2v) is 4.42. The number of ether oxygens (including phenoxy) is 1. The lowest BCUT2D eigenvalue weighted by atomic mass is 10.3. The van der Waals surface area contributed by atoms with E-state index < -0.39 is 0 Å². The van der Waals surface area contributed by atoms with Crippen LogP contribution in [-0.2, 0) is 0 Å². The Labute approximate surface area is 110 Å². The van der Waals surface area contributed by atoms with Crippen LogP contribution in [0.1, 0.15) is 23.8 Å². The van der Waals surface area contributed by atoms with Gasteiger partial charge in [0.25, 0.3) is 5.91 Å². The number of aromatic nitrogens is 1. The summed E-state index contributed by atoms with van der Waals surface area (Å²) in [5, 5.41) is 4.50. The van der Waals surface area contributed by atoms with E-state index in [0.717, 1.165) is 12.2 Å². The summed E-state index contributed by atoms with van der Waals surface area (Å²) in [6.07, 6.45) is 0.954. The van der Waals surface area contributed by atoms with Crippen LogP contribution in [0, 0.1) is 0 Å². The fourth-order valence-electron chi connectivity index (χ4n) is 1.40. The summed E-state index contributed by atoms with van der Waals surface area (Å²) in [6.45, 7) is 2.72. The average molecular weight is 262 g/mol. The van der Waals surface area contributed by atoms with Gasteiger partial charge in [-0.25, -0.2) is 4.98 Å². The molecule has 0 saturated heterocycles. The van der Waals surface area contributed by atoms with Gasteiger partial charge in [0.2, 0.25) is 0 Å². The van der Waals surface area contributed by atoms with Crippen molar-refractivity contribution in [2.75, 3.05) is 11.9 Å². The standard InChI is InChI=1S/C13H14N2O2S/c1-2-6-17-11-5-3-4-10(7-11)15-13(16)12-8-18-9-14-12/h3-5,7-9H,2,6H2,1H3,(H,15,16). The van der Waals surface area contributed by atoms with Crippen LogP contribution in [0.15, 0.2) is 35.2 Å². The number of benzene rings is 1. The monoisotopic (exact) mass is 262 g/mol. The zero-order chi connectivity index (χ0) is 12.8. The Kier molecular flexibility index (Phi) is 4.30. The molecule has 0 atom stereocenters. The van der Waals surface area contributed by atoms with Crippen LogP contribution < -0.4 is 10.1 Å². The molecule has 4 nitrogen and oxygen atoms in total. The quantitative estimate of drug-likeness (QED) is 0.900. The first-order valence-corrected chi connectivity index (χ1v) is 6.66. The van der Waals surface area contributed by atoms with Gasteiger partial charge >= 0.3 is 0 Å². The zero-order valence-corrected chi connectivity index (χ0v) is 10.9. The van der Waals surface area contributed by atoms with E-state index in [1.807, 2.05) is 25.1 Å². The summed E-state index contributed by atoms with van der Waals surface area (Å²) in [6, 6.07) is 7.35. The lowest BCUT2D eigenvalue weighted by molar-refractivity contribution is 0.102. The Hall–Kier alpha value is -1.88. The predicted molar refractivity (Wildman–Crippen MR) is 72.3 cm³/mol. The van der Waals surface area contributed by atoms with Crippen molar-refractivity contribution in [3.05, 3.63) is 40.8 Å². The Morgan fingerprint density at radius 2 is 2.39 bits per heavy atom. The summed E-state index contributed by atoms with van der Waals surface area (Å²) in [4.78, 5) is 15.8. The fraction of sp³-hybridized carbons (Fsp3) is 0.231. The average Bonchev–Trinajstić information content (AvgIpc) is 2.91. The lowest BCUT2D eigenvalue weighted by Gasteiger charge is -2.07.